The fourth-order valence-corrected chi connectivity index (χ4v) is 10.4. The van der Waals surface area contributed by atoms with Gasteiger partial charge >= 0.3 is 0 Å². The van der Waals surface area contributed by atoms with Gasteiger partial charge in [0, 0.05) is 61.4 Å². The van der Waals surface area contributed by atoms with Gasteiger partial charge in [-0.15, -0.1) is 0 Å². The Hall–Kier alpha value is -9.38. The number of furan rings is 1. The fraction of sp³-hybridized carbons (Fsp3) is 0. The molecule has 0 aliphatic rings. The van der Waals surface area contributed by atoms with Gasteiger partial charge in [-0.25, -0.2) is 0 Å². The maximum atomic E-state index is 7.17. The highest BCUT2D eigenvalue weighted by Crippen LogP contribution is 2.51. The van der Waals surface area contributed by atoms with Crippen LogP contribution in [-0.2, 0) is 0 Å². The van der Waals surface area contributed by atoms with Crippen molar-refractivity contribution < 1.29 is 4.42 Å². The van der Waals surface area contributed by atoms with Gasteiger partial charge in [-0.1, -0.05) is 182 Å². The fourth-order valence-electron chi connectivity index (χ4n) is 10.4. The maximum Gasteiger partial charge on any atom is 0.145 e. The molecule has 0 saturated heterocycles. The van der Waals surface area contributed by atoms with Crippen LogP contribution in [0.4, 0.5) is 34.1 Å². The summed E-state index contributed by atoms with van der Waals surface area (Å²) in [6.07, 6.45) is 0. The highest BCUT2D eigenvalue weighted by atomic mass is 16.3. The second-order valence-corrected chi connectivity index (χ2v) is 17.7. The van der Waals surface area contributed by atoms with Crippen molar-refractivity contribution in [1.82, 2.24) is 4.57 Å². The van der Waals surface area contributed by atoms with Gasteiger partial charge in [0.25, 0.3) is 0 Å². The summed E-state index contributed by atoms with van der Waals surface area (Å²) >= 11 is 0. The summed E-state index contributed by atoms with van der Waals surface area (Å²) in [7, 11) is 0. The zero-order valence-electron chi connectivity index (χ0n) is 38.2. The lowest BCUT2D eigenvalue weighted by molar-refractivity contribution is 0.670. The maximum absolute atomic E-state index is 7.17. The smallest absolute Gasteiger partial charge is 0.145 e. The third kappa shape index (κ3) is 7.10. The summed E-state index contributed by atoms with van der Waals surface area (Å²) in [5, 5.41) is 4.50. The second kappa shape index (κ2) is 17.4. The molecule has 0 aliphatic carbocycles. The summed E-state index contributed by atoms with van der Waals surface area (Å²) in [6.45, 7) is 0. The molecule has 2 heterocycles. The molecule has 0 aliphatic heterocycles. The van der Waals surface area contributed by atoms with E-state index in [2.05, 4.69) is 287 Å². The third-order valence-corrected chi connectivity index (χ3v) is 13.6. The monoisotopic (exact) mass is 895 g/mol. The van der Waals surface area contributed by atoms with Gasteiger partial charge in [0.15, 0.2) is 0 Å². The van der Waals surface area contributed by atoms with Crippen molar-refractivity contribution in [3.8, 4) is 39.1 Å². The first kappa shape index (κ1) is 40.9. The Balaban J connectivity index is 1.11. The number of hydrogen-bond acceptors (Lipinski definition) is 3. The average molecular weight is 896 g/mol. The molecule has 330 valence electrons. The van der Waals surface area contributed by atoms with Crippen LogP contribution in [-0.4, -0.2) is 4.57 Å². The molecule has 4 heteroatoms. The van der Waals surface area contributed by atoms with E-state index in [1.807, 2.05) is 0 Å². The van der Waals surface area contributed by atoms with Crippen molar-refractivity contribution in [3.05, 3.63) is 273 Å². The van der Waals surface area contributed by atoms with Crippen LogP contribution >= 0.6 is 0 Å². The Kier molecular flexibility index (Phi) is 10.1. The number of fused-ring (bicyclic) bond motifs is 7. The second-order valence-electron chi connectivity index (χ2n) is 17.7. The SMILES string of the molecule is c1ccc(-c2ccc(N(c3ccccc3)c3ccc(-c4cc5c6ccccc6n(-c6ccccc6)c5c5c4oc4ccccc45)c(N(c4ccccc4)c4ccc(-c5ccccc5)cc4)c3)cc2)cc1. The first-order valence-electron chi connectivity index (χ1n) is 23.8. The van der Waals surface area contributed by atoms with Crippen LogP contribution in [0.1, 0.15) is 0 Å². The molecule has 0 bridgehead atoms. The lowest BCUT2D eigenvalue weighted by Crippen LogP contribution is -2.14. The molecule has 11 aromatic carbocycles. The van der Waals surface area contributed by atoms with E-state index in [1.165, 1.54) is 22.1 Å². The molecule has 0 spiro atoms. The van der Waals surface area contributed by atoms with E-state index in [9.17, 15) is 0 Å². The van der Waals surface area contributed by atoms with Crippen LogP contribution in [0, 0.1) is 0 Å². The lowest BCUT2D eigenvalue weighted by Gasteiger charge is -2.31. The minimum Gasteiger partial charge on any atom is -0.455 e. The Bertz CT molecular complexity index is 3960. The van der Waals surface area contributed by atoms with Crippen molar-refractivity contribution in [2.75, 3.05) is 9.80 Å². The van der Waals surface area contributed by atoms with Crippen molar-refractivity contribution in [1.29, 1.82) is 0 Å². The Morgan fingerprint density at radius 1 is 0.314 bits per heavy atom. The summed E-state index contributed by atoms with van der Waals surface area (Å²) in [5.41, 5.74) is 18.0. The molecular weight excluding hydrogens is 851 g/mol. The summed E-state index contributed by atoms with van der Waals surface area (Å²) in [5.74, 6) is 0. The van der Waals surface area contributed by atoms with Gasteiger partial charge in [0.05, 0.1) is 22.1 Å². The zero-order valence-corrected chi connectivity index (χ0v) is 38.2. The minimum atomic E-state index is 0.839. The van der Waals surface area contributed by atoms with Crippen molar-refractivity contribution in [3.63, 3.8) is 0 Å². The van der Waals surface area contributed by atoms with Gasteiger partial charge < -0.3 is 18.8 Å². The molecule has 70 heavy (non-hydrogen) atoms. The van der Waals surface area contributed by atoms with Crippen LogP contribution in [0.5, 0.6) is 0 Å². The highest BCUT2D eigenvalue weighted by Gasteiger charge is 2.27. The number of anilines is 6. The van der Waals surface area contributed by atoms with E-state index >= 15 is 0 Å². The minimum absolute atomic E-state index is 0.839. The number of rotatable bonds is 10. The molecule has 0 atom stereocenters. The van der Waals surface area contributed by atoms with E-state index in [0.29, 0.717) is 0 Å². The first-order valence-corrected chi connectivity index (χ1v) is 23.8. The van der Waals surface area contributed by atoms with Crippen molar-refractivity contribution in [2.45, 2.75) is 0 Å². The average Bonchev–Trinajstić information content (AvgIpc) is 3.99. The molecule has 2 aromatic heterocycles. The van der Waals surface area contributed by atoms with Crippen molar-refractivity contribution >= 4 is 77.9 Å². The molecular formula is C66H45N3O. The van der Waals surface area contributed by atoms with Gasteiger partial charge in [-0.3, -0.25) is 0 Å². The number of para-hydroxylation sites is 5. The number of nitrogens with zero attached hydrogens (tertiary/aromatic N) is 3. The van der Waals surface area contributed by atoms with E-state index in [-0.39, 0.29) is 0 Å². The predicted octanol–water partition coefficient (Wildman–Crippen LogP) is 18.6. The summed E-state index contributed by atoms with van der Waals surface area (Å²) in [6, 6.07) is 97.7. The molecule has 13 rings (SSSR count). The van der Waals surface area contributed by atoms with E-state index in [4.69, 9.17) is 4.42 Å². The highest BCUT2D eigenvalue weighted by molar-refractivity contribution is 6.28. The Morgan fingerprint density at radius 3 is 1.39 bits per heavy atom. The summed E-state index contributed by atoms with van der Waals surface area (Å²) < 4.78 is 9.58. The Morgan fingerprint density at radius 2 is 0.771 bits per heavy atom. The summed E-state index contributed by atoms with van der Waals surface area (Å²) in [4.78, 5) is 4.76. The van der Waals surface area contributed by atoms with E-state index in [0.717, 1.165) is 94.9 Å². The predicted molar refractivity (Wildman–Crippen MR) is 294 cm³/mol. The largest absolute Gasteiger partial charge is 0.455 e. The van der Waals surface area contributed by atoms with Crippen LogP contribution < -0.4 is 9.80 Å². The molecule has 13 aromatic rings. The number of benzene rings is 11. The van der Waals surface area contributed by atoms with E-state index in [1.54, 1.807) is 0 Å². The standard InChI is InChI=1S/C66H45N3O/c1-6-20-46(21-7-1)48-34-38-53(39-35-48)67(50-24-10-3-11-25-50)55-42-43-57(62(44-55)68(51-26-12-4-13-27-51)54-40-36-49(37-41-54)47-22-8-2-9-23-47)60-45-59-56-30-16-18-32-61(56)69(52-28-14-5-15-29-52)65(59)64-58-31-17-19-33-63(58)70-66(60)64/h1-45H. The molecule has 0 fully saturated rings. The van der Waals surface area contributed by atoms with Crippen molar-refractivity contribution in [2.24, 2.45) is 0 Å². The van der Waals surface area contributed by atoms with Gasteiger partial charge in [-0.2, -0.15) is 0 Å². The number of aromatic nitrogens is 1. The Labute approximate surface area is 406 Å². The molecule has 0 saturated carbocycles. The quantitative estimate of drug-likeness (QED) is 0.137. The zero-order chi connectivity index (χ0) is 46.4. The topological polar surface area (TPSA) is 24.6 Å². The van der Waals surface area contributed by atoms with Gasteiger partial charge in [-0.05, 0) is 113 Å². The lowest BCUT2D eigenvalue weighted by atomic mass is 9.95. The van der Waals surface area contributed by atoms with Gasteiger partial charge in [0.2, 0.25) is 0 Å². The van der Waals surface area contributed by atoms with Crippen LogP contribution in [0.3, 0.4) is 0 Å². The molecule has 0 amide bonds. The number of hydrogen-bond donors (Lipinski definition) is 0. The van der Waals surface area contributed by atoms with Gasteiger partial charge in [0.1, 0.15) is 11.2 Å². The molecule has 4 nitrogen and oxygen atoms in total. The molecule has 0 unspecified atom stereocenters. The third-order valence-electron chi connectivity index (χ3n) is 13.6. The molecule has 0 N–H and O–H groups in total. The van der Waals surface area contributed by atoms with Crippen LogP contribution in [0.25, 0.3) is 82.8 Å². The van der Waals surface area contributed by atoms with Crippen LogP contribution in [0.2, 0.25) is 0 Å². The molecule has 0 radical (unpaired) electrons. The van der Waals surface area contributed by atoms with E-state index < -0.39 is 0 Å². The van der Waals surface area contributed by atoms with Crippen LogP contribution in [0.15, 0.2) is 277 Å². The normalized spacial score (nSPS) is 11.4. The first-order chi connectivity index (χ1) is 34.7.